The Morgan fingerprint density at radius 3 is 2.35 bits per heavy atom. The van der Waals surface area contributed by atoms with Gasteiger partial charge in [0.15, 0.2) is 0 Å². The number of sulfonamides is 1. The molecular weight excluding hydrogens is 352 g/mol. The van der Waals surface area contributed by atoms with Gasteiger partial charge in [-0.1, -0.05) is 0 Å². The maximum Gasteiger partial charge on any atom is 0.261 e. The van der Waals surface area contributed by atoms with Gasteiger partial charge in [-0.05, 0) is 50.4 Å². The highest BCUT2D eigenvalue weighted by Gasteiger charge is 2.17. The predicted octanol–water partition coefficient (Wildman–Crippen LogP) is 2.03. The third kappa shape index (κ3) is 4.44. The van der Waals surface area contributed by atoms with Crippen molar-refractivity contribution in [3.05, 3.63) is 42.6 Å². The minimum Gasteiger partial charge on any atom is -0.494 e. The highest BCUT2D eigenvalue weighted by Crippen LogP contribution is 2.21. The Hall–Kier alpha value is -2.32. The lowest BCUT2D eigenvalue weighted by Crippen LogP contribution is -2.44. The van der Waals surface area contributed by atoms with Crippen LogP contribution in [0.5, 0.6) is 5.75 Å². The molecule has 0 unspecified atom stereocenters. The fourth-order valence-corrected chi connectivity index (χ4v) is 3.81. The summed E-state index contributed by atoms with van der Waals surface area (Å²) in [5.41, 5.74) is 0.441. The summed E-state index contributed by atoms with van der Waals surface area (Å²) in [5, 5.41) is 0. The van der Waals surface area contributed by atoms with Crippen molar-refractivity contribution in [1.82, 2.24) is 9.88 Å². The summed E-state index contributed by atoms with van der Waals surface area (Å²) in [5.74, 6) is 1.51. The molecule has 1 aliphatic heterocycles. The van der Waals surface area contributed by atoms with Gasteiger partial charge >= 0.3 is 0 Å². The monoisotopic (exact) mass is 376 g/mol. The molecule has 0 saturated carbocycles. The predicted molar refractivity (Wildman–Crippen MR) is 102 cm³/mol. The summed E-state index contributed by atoms with van der Waals surface area (Å²) in [6.07, 6.45) is 1.56. The first-order valence-electron chi connectivity index (χ1n) is 8.63. The smallest absolute Gasteiger partial charge is 0.261 e. The van der Waals surface area contributed by atoms with Crippen LogP contribution in [0, 0.1) is 0 Å². The van der Waals surface area contributed by atoms with Crippen molar-refractivity contribution in [1.29, 1.82) is 0 Å². The van der Waals surface area contributed by atoms with Gasteiger partial charge in [0, 0.05) is 26.2 Å². The number of hydrogen-bond acceptors (Lipinski definition) is 6. The summed E-state index contributed by atoms with van der Waals surface area (Å²) in [7, 11) is -1.56. The van der Waals surface area contributed by atoms with Gasteiger partial charge in [0.25, 0.3) is 10.0 Å². The first kappa shape index (κ1) is 18.5. The maximum atomic E-state index is 12.5. The number of rotatable bonds is 6. The molecule has 140 valence electrons. The fraction of sp³-hybridized carbons (Fsp3) is 0.389. The molecule has 0 atom stereocenters. The molecule has 8 heteroatoms. The first-order valence-corrected chi connectivity index (χ1v) is 10.1. The molecule has 0 bridgehead atoms. The molecular formula is C18H24N4O3S. The second-order valence-electron chi connectivity index (χ2n) is 6.21. The van der Waals surface area contributed by atoms with Crippen LogP contribution in [0.15, 0.2) is 47.5 Å². The van der Waals surface area contributed by atoms with Crippen molar-refractivity contribution >= 4 is 21.5 Å². The summed E-state index contributed by atoms with van der Waals surface area (Å²) in [4.78, 5) is 9.06. The van der Waals surface area contributed by atoms with E-state index < -0.39 is 10.0 Å². The topological polar surface area (TPSA) is 74.8 Å². The zero-order chi connectivity index (χ0) is 18.6. The van der Waals surface area contributed by atoms with Gasteiger partial charge in [0.1, 0.15) is 11.6 Å². The second kappa shape index (κ2) is 7.92. The molecule has 0 radical (unpaired) electrons. The summed E-state index contributed by atoms with van der Waals surface area (Å²) >= 11 is 0. The van der Waals surface area contributed by atoms with E-state index >= 15 is 0 Å². The molecule has 1 N–H and O–H groups in total. The summed E-state index contributed by atoms with van der Waals surface area (Å²) < 4.78 is 32.9. The van der Waals surface area contributed by atoms with Crippen LogP contribution in [-0.4, -0.2) is 58.1 Å². The van der Waals surface area contributed by atoms with Crippen LogP contribution in [0.4, 0.5) is 11.5 Å². The van der Waals surface area contributed by atoms with Crippen LogP contribution in [0.3, 0.4) is 0 Å². The molecule has 1 aromatic carbocycles. The Bertz CT molecular complexity index is 815. The summed E-state index contributed by atoms with van der Waals surface area (Å²) in [6, 6.07) is 9.94. The molecule has 0 aliphatic carbocycles. The average molecular weight is 376 g/mol. The highest BCUT2D eigenvalue weighted by atomic mass is 32.2. The normalized spacial score (nSPS) is 15.7. The molecule has 1 saturated heterocycles. The Morgan fingerprint density at radius 2 is 1.77 bits per heavy atom. The third-order valence-corrected chi connectivity index (χ3v) is 5.67. The molecule has 3 rings (SSSR count). The largest absolute Gasteiger partial charge is 0.494 e. The van der Waals surface area contributed by atoms with Crippen LogP contribution < -0.4 is 14.4 Å². The molecule has 0 amide bonds. The number of aromatic nitrogens is 1. The zero-order valence-electron chi connectivity index (χ0n) is 15.1. The Kier molecular flexibility index (Phi) is 5.63. The molecule has 0 spiro atoms. The molecule has 2 heterocycles. The van der Waals surface area contributed by atoms with E-state index in [1.165, 1.54) is 12.1 Å². The van der Waals surface area contributed by atoms with Crippen molar-refractivity contribution in [3.63, 3.8) is 0 Å². The molecule has 1 fully saturated rings. The van der Waals surface area contributed by atoms with Gasteiger partial charge < -0.3 is 14.5 Å². The van der Waals surface area contributed by atoms with E-state index in [2.05, 4.69) is 26.6 Å². The quantitative estimate of drug-likeness (QED) is 0.832. The van der Waals surface area contributed by atoms with E-state index in [4.69, 9.17) is 4.74 Å². The SMILES string of the molecule is CCOc1ccc(S(=O)(=O)Nc2ccc(N3CCN(C)CC3)nc2)cc1. The molecule has 7 nitrogen and oxygen atoms in total. The number of hydrogen-bond donors (Lipinski definition) is 1. The Labute approximate surface area is 154 Å². The van der Waals surface area contributed by atoms with Crippen molar-refractivity contribution in [3.8, 4) is 5.75 Å². The molecule has 1 aromatic heterocycles. The number of piperazine rings is 1. The average Bonchev–Trinajstić information content (AvgIpc) is 2.64. The van der Waals surface area contributed by atoms with E-state index in [-0.39, 0.29) is 4.90 Å². The van der Waals surface area contributed by atoms with E-state index in [0.29, 0.717) is 18.0 Å². The van der Waals surface area contributed by atoms with E-state index in [1.54, 1.807) is 24.4 Å². The number of benzene rings is 1. The molecule has 26 heavy (non-hydrogen) atoms. The lowest BCUT2D eigenvalue weighted by molar-refractivity contribution is 0.312. The van der Waals surface area contributed by atoms with Crippen molar-refractivity contribution in [2.45, 2.75) is 11.8 Å². The van der Waals surface area contributed by atoms with Crippen molar-refractivity contribution in [2.75, 3.05) is 49.5 Å². The van der Waals surface area contributed by atoms with Crippen LogP contribution in [0.25, 0.3) is 0 Å². The van der Waals surface area contributed by atoms with Gasteiger partial charge in [0.2, 0.25) is 0 Å². The fourth-order valence-electron chi connectivity index (χ4n) is 2.76. The first-order chi connectivity index (χ1) is 12.5. The zero-order valence-corrected chi connectivity index (χ0v) is 15.9. The van der Waals surface area contributed by atoms with Crippen LogP contribution in [0.2, 0.25) is 0 Å². The van der Waals surface area contributed by atoms with E-state index in [1.807, 2.05) is 13.0 Å². The van der Waals surface area contributed by atoms with E-state index in [0.717, 1.165) is 32.0 Å². The number of likely N-dealkylation sites (N-methyl/N-ethyl adjacent to an activating group) is 1. The minimum atomic E-state index is -3.66. The van der Waals surface area contributed by atoms with Gasteiger partial charge in [-0.2, -0.15) is 0 Å². The maximum absolute atomic E-state index is 12.5. The molecule has 2 aromatic rings. The molecule has 1 aliphatic rings. The number of nitrogens with zero attached hydrogens (tertiary/aromatic N) is 3. The van der Waals surface area contributed by atoms with Crippen LogP contribution >= 0.6 is 0 Å². The van der Waals surface area contributed by atoms with Crippen LogP contribution in [0.1, 0.15) is 6.92 Å². The van der Waals surface area contributed by atoms with Gasteiger partial charge in [-0.15, -0.1) is 0 Å². The highest BCUT2D eigenvalue weighted by molar-refractivity contribution is 7.92. The van der Waals surface area contributed by atoms with Crippen LogP contribution in [-0.2, 0) is 10.0 Å². The van der Waals surface area contributed by atoms with Gasteiger partial charge in [0.05, 0.1) is 23.4 Å². The van der Waals surface area contributed by atoms with Gasteiger partial charge in [-0.3, -0.25) is 4.72 Å². The Morgan fingerprint density at radius 1 is 1.08 bits per heavy atom. The van der Waals surface area contributed by atoms with E-state index in [9.17, 15) is 8.42 Å². The number of pyridine rings is 1. The summed E-state index contributed by atoms with van der Waals surface area (Å²) in [6.45, 7) is 6.24. The lowest BCUT2D eigenvalue weighted by atomic mass is 10.3. The standard InChI is InChI=1S/C18H24N4O3S/c1-3-25-16-5-7-17(8-6-16)26(23,24)20-15-4-9-18(19-14-15)22-12-10-21(2)11-13-22/h4-9,14,20H,3,10-13H2,1-2H3. The van der Waals surface area contributed by atoms with Crippen molar-refractivity contribution in [2.24, 2.45) is 0 Å². The number of nitrogens with one attached hydrogen (secondary N) is 1. The minimum absolute atomic E-state index is 0.184. The number of anilines is 2. The third-order valence-electron chi connectivity index (χ3n) is 4.27. The van der Waals surface area contributed by atoms with Gasteiger partial charge in [-0.25, -0.2) is 13.4 Å². The van der Waals surface area contributed by atoms with Crippen molar-refractivity contribution < 1.29 is 13.2 Å². The Balaban J connectivity index is 1.67. The second-order valence-corrected chi connectivity index (χ2v) is 7.89. The lowest BCUT2D eigenvalue weighted by Gasteiger charge is -2.33. The number of ether oxygens (including phenoxy) is 1.